The number of benzene rings is 1. The first-order valence-corrected chi connectivity index (χ1v) is 9.16. The molecule has 1 aliphatic heterocycles. The van der Waals surface area contributed by atoms with Crippen LogP contribution in [0.5, 0.6) is 5.75 Å². The standard InChI is InChI=1S/C17H26N2OS/c1-2-12-7-3-4-8-13(12)17(19-18)15-11-21-16-10-6-5-9-14(16)20-15/h5-6,9-10,12-13,15,17,19H,2-4,7-8,11,18H2,1H3. The van der Waals surface area contributed by atoms with Gasteiger partial charge in [0.2, 0.25) is 0 Å². The summed E-state index contributed by atoms with van der Waals surface area (Å²) in [5.74, 6) is 9.36. The van der Waals surface area contributed by atoms with Gasteiger partial charge in [-0.2, -0.15) is 0 Å². The predicted molar refractivity (Wildman–Crippen MR) is 88.4 cm³/mol. The third kappa shape index (κ3) is 3.22. The molecule has 3 rings (SSSR count). The van der Waals surface area contributed by atoms with Crippen molar-refractivity contribution in [3.8, 4) is 5.75 Å². The lowest BCUT2D eigenvalue weighted by molar-refractivity contribution is 0.0828. The first-order valence-electron chi connectivity index (χ1n) is 8.18. The quantitative estimate of drug-likeness (QED) is 0.659. The number of rotatable bonds is 4. The maximum atomic E-state index is 6.27. The van der Waals surface area contributed by atoms with Gasteiger partial charge in [-0.05, 0) is 30.4 Å². The molecular weight excluding hydrogens is 280 g/mol. The molecule has 4 heteroatoms. The molecule has 2 aliphatic rings. The number of hydrogen-bond acceptors (Lipinski definition) is 4. The van der Waals surface area contributed by atoms with Gasteiger partial charge in [0.05, 0.1) is 6.04 Å². The Morgan fingerprint density at radius 2 is 2.14 bits per heavy atom. The van der Waals surface area contributed by atoms with Crippen LogP contribution in [0.15, 0.2) is 29.2 Å². The van der Waals surface area contributed by atoms with Gasteiger partial charge in [-0.25, -0.2) is 0 Å². The van der Waals surface area contributed by atoms with Gasteiger partial charge in [0.25, 0.3) is 0 Å². The van der Waals surface area contributed by atoms with Gasteiger partial charge in [-0.1, -0.05) is 44.7 Å². The number of fused-ring (bicyclic) bond motifs is 1. The summed E-state index contributed by atoms with van der Waals surface area (Å²) in [5, 5.41) is 0. The normalized spacial score (nSPS) is 30.3. The van der Waals surface area contributed by atoms with Crippen molar-refractivity contribution in [3.05, 3.63) is 24.3 Å². The molecule has 1 fully saturated rings. The smallest absolute Gasteiger partial charge is 0.133 e. The molecule has 1 aromatic carbocycles. The number of hydrogen-bond donors (Lipinski definition) is 2. The largest absolute Gasteiger partial charge is 0.487 e. The van der Waals surface area contributed by atoms with Crippen LogP contribution >= 0.6 is 11.8 Å². The fourth-order valence-electron chi connectivity index (χ4n) is 3.94. The Morgan fingerprint density at radius 1 is 1.33 bits per heavy atom. The maximum absolute atomic E-state index is 6.27. The Labute approximate surface area is 132 Å². The van der Waals surface area contributed by atoms with E-state index in [1.807, 2.05) is 17.8 Å². The Kier molecular flexibility index (Phi) is 5.09. The van der Waals surface area contributed by atoms with Crippen molar-refractivity contribution in [1.82, 2.24) is 5.43 Å². The van der Waals surface area contributed by atoms with Gasteiger partial charge in [0.1, 0.15) is 11.9 Å². The zero-order chi connectivity index (χ0) is 14.7. The van der Waals surface area contributed by atoms with E-state index in [2.05, 4.69) is 30.5 Å². The summed E-state index contributed by atoms with van der Waals surface area (Å²) in [5.41, 5.74) is 3.10. The van der Waals surface area contributed by atoms with Gasteiger partial charge >= 0.3 is 0 Å². The van der Waals surface area contributed by atoms with Crippen LogP contribution in [0.2, 0.25) is 0 Å². The third-order valence-electron chi connectivity index (χ3n) is 5.08. The molecule has 0 saturated heterocycles. The number of ether oxygens (including phenoxy) is 1. The molecule has 1 saturated carbocycles. The molecule has 1 aliphatic carbocycles. The summed E-state index contributed by atoms with van der Waals surface area (Å²) in [4.78, 5) is 1.25. The van der Waals surface area contributed by atoms with Crippen LogP contribution in [0.3, 0.4) is 0 Å². The summed E-state index contributed by atoms with van der Waals surface area (Å²) >= 11 is 1.89. The molecule has 4 unspecified atom stereocenters. The van der Waals surface area contributed by atoms with E-state index in [-0.39, 0.29) is 12.1 Å². The highest BCUT2D eigenvalue weighted by Crippen LogP contribution is 2.40. The lowest BCUT2D eigenvalue weighted by Gasteiger charge is -2.41. The van der Waals surface area contributed by atoms with Crippen LogP contribution in [0.4, 0.5) is 0 Å². The summed E-state index contributed by atoms with van der Waals surface area (Å²) in [6, 6.07) is 8.58. The first kappa shape index (κ1) is 15.2. The molecule has 0 aromatic heterocycles. The van der Waals surface area contributed by atoms with Crippen molar-refractivity contribution in [2.75, 3.05) is 5.75 Å². The van der Waals surface area contributed by atoms with Gasteiger partial charge in [0.15, 0.2) is 0 Å². The van der Waals surface area contributed by atoms with Gasteiger partial charge in [-0.15, -0.1) is 11.8 Å². The SMILES string of the molecule is CCC1CCCCC1C(NN)C1CSc2ccccc2O1. The van der Waals surface area contributed by atoms with E-state index in [0.29, 0.717) is 5.92 Å². The zero-order valence-corrected chi connectivity index (χ0v) is 13.6. The van der Waals surface area contributed by atoms with E-state index in [4.69, 9.17) is 10.6 Å². The highest BCUT2D eigenvalue weighted by Gasteiger charge is 2.37. The zero-order valence-electron chi connectivity index (χ0n) is 12.8. The number of para-hydroxylation sites is 1. The molecule has 21 heavy (non-hydrogen) atoms. The molecule has 116 valence electrons. The highest BCUT2D eigenvalue weighted by atomic mass is 32.2. The molecule has 0 bridgehead atoms. The third-order valence-corrected chi connectivity index (χ3v) is 6.22. The molecule has 3 nitrogen and oxygen atoms in total. The molecule has 1 aromatic rings. The van der Waals surface area contributed by atoms with Gasteiger partial charge < -0.3 is 4.74 Å². The van der Waals surface area contributed by atoms with E-state index in [1.165, 1.54) is 37.0 Å². The number of thioether (sulfide) groups is 1. The monoisotopic (exact) mass is 306 g/mol. The summed E-state index contributed by atoms with van der Waals surface area (Å²) < 4.78 is 6.27. The summed E-state index contributed by atoms with van der Waals surface area (Å²) in [7, 11) is 0. The van der Waals surface area contributed by atoms with Crippen molar-refractivity contribution < 1.29 is 4.74 Å². The van der Waals surface area contributed by atoms with Crippen LogP contribution in [0.1, 0.15) is 39.0 Å². The van der Waals surface area contributed by atoms with Gasteiger partial charge in [0, 0.05) is 10.6 Å². The number of nitrogens with two attached hydrogens (primary N) is 1. The molecule has 0 amide bonds. The second-order valence-corrected chi connectivity index (χ2v) is 7.28. The molecule has 1 heterocycles. The van der Waals surface area contributed by atoms with Crippen LogP contribution in [-0.2, 0) is 0 Å². The minimum Gasteiger partial charge on any atom is -0.487 e. The van der Waals surface area contributed by atoms with Crippen LogP contribution in [0, 0.1) is 11.8 Å². The van der Waals surface area contributed by atoms with E-state index >= 15 is 0 Å². The first-order chi connectivity index (χ1) is 10.3. The average molecular weight is 306 g/mol. The van der Waals surface area contributed by atoms with E-state index in [9.17, 15) is 0 Å². The maximum Gasteiger partial charge on any atom is 0.133 e. The minimum atomic E-state index is 0.173. The fourth-order valence-corrected chi connectivity index (χ4v) is 4.99. The van der Waals surface area contributed by atoms with Crippen molar-refractivity contribution in [1.29, 1.82) is 0 Å². The highest BCUT2D eigenvalue weighted by molar-refractivity contribution is 7.99. The molecule has 4 atom stereocenters. The van der Waals surface area contributed by atoms with Crippen LogP contribution in [0.25, 0.3) is 0 Å². The Bertz CT molecular complexity index is 468. The van der Waals surface area contributed by atoms with Crippen molar-refractivity contribution >= 4 is 11.8 Å². The van der Waals surface area contributed by atoms with Crippen LogP contribution in [-0.4, -0.2) is 17.9 Å². The Morgan fingerprint density at radius 3 is 2.95 bits per heavy atom. The summed E-state index contributed by atoms with van der Waals surface area (Å²) in [6.45, 7) is 2.31. The minimum absolute atomic E-state index is 0.173. The van der Waals surface area contributed by atoms with E-state index in [0.717, 1.165) is 17.4 Å². The molecule has 0 spiro atoms. The Balaban J connectivity index is 1.75. The predicted octanol–water partition coefficient (Wildman–Crippen LogP) is 3.59. The summed E-state index contributed by atoms with van der Waals surface area (Å²) in [6.07, 6.45) is 6.74. The van der Waals surface area contributed by atoms with Gasteiger partial charge in [-0.3, -0.25) is 11.3 Å². The van der Waals surface area contributed by atoms with Crippen LogP contribution < -0.4 is 16.0 Å². The van der Waals surface area contributed by atoms with E-state index < -0.39 is 0 Å². The van der Waals surface area contributed by atoms with Crippen molar-refractivity contribution in [2.24, 2.45) is 17.7 Å². The molecular formula is C17H26N2OS. The van der Waals surface area contributed by atoms with E-state index in [1.54, 1.807) is 0 Å². The average Bonchev–Trinajstić information content (AvgIpc) is 2.56. The number of nitrogens with one attached hydrogen (secondary N) is 1. The lowest BCUT2D eigenvalue weighted by atomic mass is 9.73. The lowest BCUT2D eigenvalue weighted by Crippen LogP contribution is -2.55. The number of hydrazine groups is 1. The van der Waals surface area contributed by atoms with Crippen molar-refractivity contribution in [3.63, 3.8) is 0 Å². The fraction of sp³-hybridized carbons (Fsp3) is 0.647. The van der Waals surface area contributed by atoms with Crippen molar-refractivity contribution in [2.45, 2.75) is 56.1 Å². The second kappa shape index (κ2) is 7.03. The second-order valence-electron chi connectivity index (χ2n) is 6.22. The Hall–Kier alpha value is -0.710. The molecule has 0 radical (unpaired) electrons. The topological polar surface area (TPSA) is 47.3 Å². The molecule has 3 N–H and O–H groups in total.